The molecule has 0 spiro atoms. The van der Waals surface area contributed by atoms with Gasteiger partial charge in [-0.2, -0.15) is 0 Å². The van der Waals surface area contributed by atoms with Crippen molar-refractivity contribution in [2.75, 3.05) is 11.9 Å². The zero-order valence-electron chi connectivity index (χ0n) is 12.0. The Morgan fingerprint density at radius 3 is 2.86 bits per heavy atom. The maximum Gasteiger partial charge on any atom is 0.262 e. The molecular weight excluding hydrogens is 294 g/mol. The van der Waals surface area contributed by atoms with Gasteiger partial charge in [-0.05, 0) is 31.5 Å². The number of nitrogens with one attached hydrogen (secondary N) is 2. The van der Waals surface area contributed by atoms with Gasteiger partial charge in [-0.1, -0.05) is 6.07 Å². The van der Waals surface area contributed by atoms with E-state index in [-0.39, 0.29) is 49.3 Å². The number of ether oxygens (including phenoxy) is 1. The molecule has 1 aromatic rings. The minimum absolute atomic E-state index is 0. The standard InChI is InChI=1S/C14H19N3O3.ClH/c1-8(15)5-13(18)16-9(2)10-3-4-12-11(6-10)17-14(19)7-20-12;/h3-4,6,8-9H,5,7,15H2,1-2H3,(H,16,18)(H,17,19);1H. The zero-order chi connectivity index (χ0) is 14.7. The molecule has 6 nitrogen and oxygen atoms in total. The van der Waals surface area contributed by atoms with Gasteiger partial charge in [0.2, 0.25) is 5.91 Å². The first-order valence-corrected chi connectivity index (χ1v) is 6.57. The monoisotopic (exact) mass is 313 g/mol. The summed E-state index contributed by atoms with van der Waals surface area (Å²) in [6.45, 7) is 3.70. The van der Waals surface area contributed by atoms with Crippen molar-refractivity contribution in [2.24, 2.45) is 5.73 Å². The largest absolute Gasteiger partial charge is 0.482 e. The molecule has 0 bridgehead atoms. The lowest BCUT2D eigenvalue weighted by Gasteiger charge is -2.21. The maximum atomic E-state index is 11.7. The summed E-state index contributed by atoms with van der Waals surface area (Å²) >= 11 is 0. The van der Waals surface area contributed by atoms with Crippen molar-refractivity contribution in [1.82, 2.24) is 5.32 Å². The van der Waals surface area contributed by atoms with Gasteiger partial charge in [-0.15, -0.1) is 12.4 Å². The van der Waals surface area contributed by atoms with E-state index in [4.69, 9.17) is 10.5 Å². The van der Waals surface area contributed by atoms with Crippen LogP contribution in [0, 0.1) is 0 Å². The van der Waals surface area contributed by atoms with Crippen LogP contribution in [0.1, 0.15) is 31.9 Å². The fraction of sp³-hybridized carbons (Fsp3) is 0.429. The van der Waals surface area contributed by atoms with Crippen LogP contribution in [0.25, 0.3) is 0 Å². The number of carbonyl (C=O) groups excluding carboxylic acids is 2. The number of hydrogen-bond donors (Lipinski definition) is 3. The molecule has 0 saturated carbocycles. The molecular formula is C14H20ClN3O3. The number of anilines is 1. The predicted molar refractivity (Wildman–Crippen MR) is 82.6 cm³/mol. The third-order valence-corrected chi connectivity index (χ3v) is 3.02. The second kappa shape index (κ2) is 7.28. The van der Waals surface area contributed by atoms with Crippen molar-refractivity contribution < 1.29 is 14.3 Å². The molecule has 2 atom stereocenters. The lowest BCUT2D eigenvalue weighted by Crippen LogP contribution is -2.32. The van der Waals surface area contributed by atoms with E-state index in [0.717, 1.165) is 5.56 Å². The Morgan fingerprint density at radius 1 is 1.48 bits per heavy atom. The number of hydrogen-bond acceptors (Lipinski definition) is 4. The SMILES string of the molecule is CC(N)CC(=O)NC(C)c1ccc2c(c1)NC(=O)CO2.Cl. The lowest BCUT2D eigenvalue weighted by molar-refractivity contribution is -0.122. The summed E-state index contributed by atoms with van der Waals surface area (Å²) in [4.78, 5) is 23.0. The van der Waals surface area contributed by atoms with Crippen LogP contribution in [0.5, 0.6) is 5.75 Å². The van der Waals surface area contributed by atoms with E-state index in [9.17, 15) is 9.59 Å². The van der Waals surface area contributed by atoms with Gasteiger partial charge in [0, 0.05) is 12.5 Å². The molecule has 7 heteroatoms. The molecule has 1 aromatic carbocycles. The summed E-state index contributed by atoms with van der Waals surface area (Å²) in [6, 6.07) is 5.14. The summed E-state index contributed by atoms with van der Waals surface area (Å²) < 4.78 is 5.29. The summed E-state index contributed by atoms with van der Waals surface area (Å²) in [5.41, 5.74) is 7.12. The van der Waals surface area contributed by atoms with E-state index in [1.165, 1.54) is 0 Å². The molecule has 2 amide bonds. The van der Waals surface area contributed by atoms with E-state index in [2.05, 4.69) is 10.6 Å². The second-order valence-electron chi connectivity index (χ2n) is 5.06. The number of fused-ring (bicyclic) bond motifs is 1. The van der Waals surface area contributed by atoms with Gasteiger partial charge in [-0.3, -0.25) is 9.59 Å². The molecule has 2 rings (SSSR count). The van der Waals surface area contributed by atoms with Crippen LogP contribution < -0.4 is 21.1 Å². The van der Waals surface area contributed by atoms with E-state index in [0.29, 0.717) is 11.4 Å². The Bertz CT molecular complexity index is 534. The summed E-state index contributed by atoms with van der Waals surface area (Å²) in [6.07, 6.45) is 0.287. The predicted octanol–water partition coefficient (Wildman–Crippen LogP) is 1.35. The van der Waals surface area contributed by atoms with Crippen LogP contribution >= 0.6 is 12.4 Å². The summed E-state index contributed by atoms with van der Waals surface area (Å²) in [7, 11) is 0. The number of rotatable bonds is 4. The Hall–Kier alpha value is -1.79. The number of carbonyl (C=O) groups is 2. The summed E-state index contributed by atoms with van der Waals surface area (Å²) in [5.74, 6) is 0.372. The molecule has 2 unspecified atom stereocenters. The van der Waals surface area contributed by atoms with E-state index in [1.807, 2.05) is 19.1 Å². The number of amides is 2. The smallest absolute Gasteiger partial charge is 0.262 e. The fourth-order valence-electron chi connectivity index (χ4n) is 2.05. The highest BCUT2D eigenvalue weighted by Crippen LogP contribution is 2.30. The maximum absolute atomic E-state index is 11.7. The minimum Gasteiger partial charge on any atom is -0.482 e. The number of nitrogens with two attached hydrogens (primary N) is 1. The topological polar surface area (TPSA) is 93.5 Å². The van der Waals surface area contributed by atoms with Gasteiger partial charge in [0.05, 0.1) is 11.7 Å². The molecule has 1 heterocycles. The number of benzene rings is 1. The highest BCUT2D eigenvalue weighted by atomic mass is 35.5. The average molecular weight is 314 g/mol. The third kappa shape index (κ3) is 4.61. The molecule has 0 saturated heterocycles. The normalized spacial score (nSPS) is 15.7. The Labute approximate surface area is 129 Å². The molecule has 1 aliphatic rings. The quantitative estimate of drug-likeness (QED) is 0.782. The molecule has 4 N–H and O–H groups in total. The highest BCUT2D eigenvalue weighted by Gasteiger charge is 2.18. The zero-order valence-corrected chi connectivity index (χ0v) is 12.8. The van der Waals surface area contributed by atoms with Crippen molar-refractivity contribution in [3.63, 3.8) is 0 Å². The van der Waals surface area contributed by atoms with Crippen LogP contribution in [-0.4, -0.2) is 24.5 Å². The van der Waals surface area contributed by atoms with E-state index >= 15 is 0 Å². The molecule has 0 aromatic heterocycles. The van der Waals surface area contributed by atoms with E-state index in [1.54, 1.807) is 13.0 Å². The van der Waals surface area contributed by atoms with Gasteiger partial charge in [-0.25, -0.2) is 0 Å². The van der Waals surface area contributed by atoms with Gasteiger partial charge in [0.1, 0.15) is 5.75 Å². The Morgan fingerprint density at radius 2 is 2.19 bits per heavy atom. The molecule has 116 valence electrons. The van der Waals surface area contributed by atoms with Crippen LogP contribution in [-0.2, 0) is 9.59 Å². The van der Waals surface area contributed by atoms with Crippen molar-refractivity contribution in [1.29, 1.82) is 0 Å². The molecule has 21 heavy (non-hydrogen) atoms. The van der Waals surface area contributed by atoms with Crippen molar-refractivity contribution in [3.8, 4) is 5.75 Å². The molecule has 0 fully saturated rings. The van der Waals surface area contributed by atoms with Crippen molar-refractivity contribution in [2.45, 2.75) is 32.4 Å². The fourth-order valence-corrected chi connectivity index (χ4v) is 2.05. The average Bonchev–Trinajstić information content (AvgIpc) is 2.36. The first kappa shape index (κ1) is 17.3. The van der Waals surface area contributed by atoms with Gasteiger partial charge >= 0.3 is 0 Å². The van der Waals surface area contributed by atoms with E-state index < -0.39 is 0 Å². The van der Waals surface area contributed by atoms with Crippen LogP contribution in [0.15, 0.2) is 18.2 Å². The third-order valence-electron chi connectivity index (χ3n) is 3.02. The first-order valence-electron chi connectivity index (χ1n) is 6.57. The van der Waals surface area contributed by atoms with Gasteiger partial charge < -0.3 is 21.1 Å². The second-order valence-corrected chi connectivity index (χ2v) is 5.06. The molecule has 0 aliphatic carbocycles. The lowest BCUT2D eigenvalue weighted by atomic mass is 10.1. The first-order chi connectivity index (χ1) is 9.45. The summed E-state index contributed by atoms with van der Waals surface area (Å²) in [5, 5.41) is 5.62. The number of halogens is 1. The van der Waals surface area contributed by atoms with Crippen molar-refractivity contribution >= 4 is 29.9 Å². The molecule has 0 radical (unpaired) electrons. The highest BCUT2D eigenvalue weighted by molar-refractivity contribution is 5.95. The van der Waals surface area contributed by atoms with Crippen LogP contribution in [0.2, 0.25) is 0 Å². The van der Waals surface area contributed by atoms with Crippen LogP contribution in [0.4, 0.5) is 5.69 Å². The minimum atomic E-state index is -0.178. The van der Waals surface area contributed by atoms with Crippen molar-refractivity contribution in [3.05, 3.63) is 23.8 Å². The van der Waals surface area contributed by atoms with Crippen LogP contribution in [0.3, 0.4) is 0 Å². The van der Waals surface area contributed by atoms with Gasteiger partial charge in [0.15, 0.2) is 6.61 Å². The Kier molecular flexibility index (Phi) is 5.99. The van der Waals surface area contributed by atoms with Gasteiger partial charge in [0.25, 0.3) is 5.91 Å². The Balaban J connectivity index is 0.00000220. The molecule has 1 aliphatic heterocycles.